The molecule has 0 bridgehead atoms. The molecule has 1 aliphatic heterocycles. The maximum atomic E-state index is 12.6. The zero-order chi connectivity index (χ0) is 13.5. The van der Waals surface area contributed by atoms with Crippen LogP contribution in [0.2, 0.25) is 0 Å². The Hall–Kier alpha value is -0.730. The van der Waals surface area contributed by atoms with Gasteiger partial charge in [0.1, 0.15) is 0 Å². The van der Waals surface area contributed by atoms with Gasteiger partial charge in [0, 0.05) is 29.4 Å². The monoisotopic (exact) mass is 314 g/mol. The van der Waals surface area contributed by atoms with Crippen molar-refractivity contribution in [2.75, 3.05) is 6.54 Å². The number of sulfonamides is 1. The van der Waals surface area contributed by atoms with Crippen LogP contribution < -0.4 is 5.73 Å². The highest BCUT2D eigenvalue weighted by Gasteiger charge is 2.30. The second kappa shape index (κ2) is 4.99. The number of hydrogen-bond donors (Lipinski definition) is 1. The van der Waals surface area contributed by atoms with Crippen molar-refractivity contribution in [2.45, 2.75) is 24.4 Å². The topological polar surface area (TPSA) is 63.4 Å². The summed E-state index contributed by atoms with van der Waals surface area (Å²) in [5, 5.41) is 3.81. The molecule has 0 saturated heterocycles. The van der Waals surface area contributed by atoms with Gasteiger partial charge in [-0.05, 0) is 34.9 Å². The maximum Gasteiger partial charge on any atom is 0.244 e. The summed E-state index contributed by atoms with van der Waals surface area (Å²) in [6, 6.07) is 3.67. The molecule has 0 fully saturated rings. The number of fused-ring (bicyclic) bond motifs is 1. The molecule has 7 heteroatoms. The van der Waals surface area contributed by atoms with Gasteiger partial charge in [0.15, 0.2) is 0 Å². The lowest BCUT2D eigenvalue weighted by molar-refractivity contribution is 0.394. The smallest absolute Gasteiger partial charge is 0.244 e. The fraction of sp³-hybridized carbons (Fsp3) is 0.333. The van der Waals surface area contributed by atoms with Crippen molar-refractivity contribution in [3.63, 3.8) is 0 Å². The molecule has 2 N–H and O–H groups in total. The number of rotatable bonds is 3. The summed E-state index contributed by atoms with van der Waals surface area (Å²) >= 11 is 3.10. The van der Waals surface area contributed by atoms with Crippen LogP contribution in [-0.4, -0.2) is 19.3 Å². The van der Waals surface area contributed by atoms with E-state index in [-0.39, 0.29) is 6.54 Å². The Balaban J connectivity index is 1.94. The molecule has 0 atom stereocenters. The minimum Gasteiger partial charge on any atom is -0.326 e. The summed E-state index contributed by atoms with van der Waals surface area (Å²) in [4.78, 5) is 2.41. The molecule has 19 heavy (non-hydrogen) atoms. The molecule has 102 valence electrons. The molecule has 0 saturated carbocycles. The van der Waals surface area contributed by atoms with Crippen molar-refractivity contribution in [2.24, 2.45) is 5.73 Å². The van der Waals surface area contributed by atoms with Gasteiger partial charge in [-0.15, -0.1) is 22.7 Å². The first-order chi connectivity index (χ1) is 9.13. The van der Waals surface area contributed by atoms with Crippen LogP contribution in [0.5, 0.6) is 0 Å². The van der Waals surface area contributed by atoms with E-state index in [9.17, 15) is 8.42 Å². The van der Waals surface area contributed by atoms with Gasteiger partial charge in [0.25, 0.3) is 0 Å². The van der Waals surface area contributed by atoms with E-state index in [4.69, 9.17) is 5.73 Å². The minimum absolute atomic E-state index is 0.268. The predicted molar refractivity (Wildman–Crippen MR) is 77.8 cm³/mol. The van der Waals surface area contributed by atoms with Crippen molar-refractivity contribution >= 4 is 32.7 Å². The van der Waals surface area contributed by atoms with E-state index in [0.29, 0.717) is 18.0 Å². The van der Waals surface area contributed by atoms with Gasteiger partial charge >= 0.3 is 0 Å². The molecule has 2 aromatic heterocycles. The molecular weight excluding hydrogens is 300 g/mol. The van der Waals surface area contributed by atoms with E-state index >= 15 is 0 Å². The first-order valence-corrected chi connectivity index (χ1v) is 9.14. The highest BCUT2D eigenvalue weighted by molar-refractivity contribution is 7.89. The van der Waals surface area contributed by atoms with Crippen LogP contribution in [-0.2, 0) is 29.5 Å². The average Bonchev–Trinajstić information content (AvgIpc) is 3.06. The second-order valence-electron chi connectivity index (χ2n) is 4.37. The van der Waals surface area contributed by atoms with Crippen molar-refractivity contribution < 1.29 is 8.42 Å². The van der Waals surface area contributed by atoms with Crippen LogP contribution >= 0.6 is 22.7 Å². The summed E-state index contributed by atoms with van der Waals surface area (Å²) in [5.74, 6) is 0. The number of nitrogens with zero attached hydrogens (tertiary/aromatic N) is 1. The molecule has 0 aliphatic carbocycles. The summed E-state index contributed by atoms with van der Waals surface area (Å²) < 4.78 is 26.8. The quantitative estimate of drug-likeness (QED) is 0.942. The number of thiophene rings is 2. The third kappa shape index (κ3) is 2.25. The van der Waals surface area contributed by atoms with Crippen LogP contribution in [0.4, 0.5) is 0 Å². The van der Waals surface area contributed by atoms with Gasteiger partial charge in [0.2, 0.25) is 10.0 Å². The molecule has 0 unspecified atom stereocenters. The van der Waals surface area contributed by atoms with Crippen molar-refractivity contribution in [1.82, 2.24) is 4.31 Å². The maximum absolute atomic E-state index is 12.6. The zero-order valence-electron chi connectivity index (χ0n) is 10.2. The normalized spacial score (nSPS) is 16.5. The highest BCUT2D eigenvalue weighted by Crippen LogP contribution is 2.30. The Morgan fingerprint density at radius 1 is 1.26 bits per heavy atom. The first-order valence-electron chi connectivity index (χ1n) is 5.95. The number of hydrogen-bond acceptors (Lipinski definition) is 5. The Morgan fingerprint density at radius 3 is 2.84 bits per heavy atom. The Kier molecular flexibility index (Phi) is 3.48. The van der Waals surface area contributed by atoms with Crippen LogP contribution in [0.15, 0.2) is 27.8 Å². The van der Waals surface area contributed by atoms with Crippen LogP contribution in [0.25, 0.3) is 0 Å². The molecular formula is C12H14N2O2S3. The largest absolute Gasteiger partial charge is 0.326 e. The fourth-order valence-corrected chi connectivity index (χ4v) is 5.89. The van der Waals surface area contributed by atoms with Crippen LogP contribution in [0.1, 0.15) is 15.3 Å². The fourth-order valence-electron chi connectivity index (χ4n) is 2.27. The molecule has 0 radical (unpaired) electrons. The van der Waals surface area contributed by atoms with Gasteiger partial charge in [-0.1, -0.05) is 0 Å². The van der Waals surface area contributed by atoms with Crippen molar-refractivity contribution in [3.8, 4) is 0 Å². The van der Waals surface area contributed by atoms with Gasteiger partial charge in [-0.3, -0.25) is 0 Å². The predicted octanol–water partition coefficient (Wildman–Crippen LogP) is 2.02. The van der Waals surface area contributed by atoms with E-state index in [0.717, 1.165) is 16.9 Å². The van der Waals surface area contributed by atoms with E-state index in [1.54, 1.807) is 27.1 Å². The Labute approximate surface area is 120 Å². The molecule has 4 nitrogen and oxygen atoms in total. The van der Waals surface area contributed by atoms with E-state index in [1.807, 2.05) is 11.4 Å². The zero-order valence-corrected chi connectivity index (χ0v) is 12.7. The molecule has 1 aliphatic rings. The molecule has 3 heterocycles. The third-order valence-electron chi connectivity index (χ3n) is 3.28. The SMILES string of the molecule is NCc1sccc1S(=O)(=O)N1CCc2sccc2C1. The van der Waals surface area contributed by atoms with E-state index in [2.05, 4.69) is 0 Å². The van der Waals surface area contributed by atoms with E-state index < -0.39 is 10.0 Å². The van der Waals surface area contributed by atoms with Crippen LogP contribution in [0.3, 0.4) is 0 Å². The van der Waals surface area contributed by atoms with Gasteiger partial charge in [0.05, 0.1) is 4.90 Å². The molecule has 0 spiro atoms. The average molecular weight is 314 g/mol. The van der Waals surface area contributed by atoms with Gasteiger partial charge in [-0.25, -0.2) is 8.42 Å². The minimum atomic E-state index is -3.41. The van der Waals surface area contributed by atoms with Crippen molar-refractivity contribution in [1.29, 1.82) is 0 Å². The highest BCUT2D eigenvalue weighted by atomic mass is 32.2. The van der Waals surface area contributed by atoms with E-state index in [1.165, 1.54) is 16.2 Å². The molecule has 0 amide bonds. The summed E-state index contributed by atoms with van der Waals surface area (Å²) in [6.45, 7) is 1.29. The van der Waals surface area contributed by atoms with Gasteiger partial charge < -0.3 is 5.73 Å². The standard InChI is InChI=1S/C12H14N2O2S3/c13-7-11-12(3-6-18-11)19(15,16)14-4-1-10-9(8-14)2-5-17-10/h2-3,5-6H,1,4,7-8,13H2. The lowest BCUT2D eigenvalue weighted by atomic mass is 10.1. The summed E-state index contributed by atoms with van der Waals surface area (Å²) in [5.41, 5.74) is 6.74. The molecule has 2 aromatic rings. The lowest BCUT2D eigenvalue weighted by Crippen LogP contribution is -2.35. The summed E-state index contributed by atoms with van der Waals surface area (Å²) in [6.07, 6.45) is 0.800. The molecule has 0 aromatic carbocycles. The lowest BCUT2D eigenvalue weighted by Gasteiger charge is -2.26. The van der Waals surface area contributed by atoms with Gasteiger partial charge in [-0.2, -0.15) is 4.31 Å². The van der Waals surface area contributed by atoms with Crippen molar-refractivity contribution in [3.05, 3.63) is 38.2 Å². The van der Waals surface area contributed by atoms with Crippen LogP contribution in [0, 0.1) is 0 Å². The molecule has 3 rings (SSSR count). The third-order valence-corrected chi connectivity index (χ3v) is 7.31. The first kappa shape index (κ1) is 13.3. The second-order valence-corrected chi connectivity index (χ2v) is 8.28. The Bertz CT molecular complexity index is 687. The Morgan fingerprint density at radius 2 is 2.05 bits per heavy atom. The number of nitrogens with two attached hydrogens (primary N) is 1. The summed E-state index contributed by atoms with van der Waals surface area (Å²) in [7, 11) is -3.41.